The maximum atomic E-state index is 11.0. The summed E-state index contributed by atoms with van der Waals surface area (Å²) in [6.45, 7) is 5.81. The van der Waals surface area contributed by atoms with Gasteiger partial charge in [-0.15, -0.1) is 0 Å². The SMILES string of the molecule is C=CC#N.C=CF.FC(F)=C(F)C(F)(F)F. The van der Waals surface area contributed by atoms with Crippen LogP contribution in [0.4, 0.5) is 30.7 Å². The summed E-state index contributed by atoms with van der Waals surface area (Å²) in [6.07, 6.45) is -7.47. The molecule has 0 aliphatic carbocycles. The molecular formula is C8H6F7N. The normalized spacial score (nSPS) is 8.12. The summed E-state index contributed by atoms with van der Waals surface area (Å²) in [4.78, 5) is 0. The van der Waals surface area contributed by atoms with Crippen LogP contribution in [-0.4, -0.2) is 6.18 Å². The molecule has 0 rings (SSSR count). The zero-order valence-electron chi connectivity index (χ0n) is 7.66. The van der Waals surface area contributed by atoms with Crippen molar-refractivity contribution in [3.05, 3.63) is 37.5 Å². The highest BCUT2D eigenvalue weighted by molar-refractivity contribution is 4.98. The summed E-state index contributed by atoms with van der Waals surface area (Å²) in [6, 6.07) is 1.69. The van der Waals surface area contributed by atoms with Gasteiger partial charge in [-0.3, -0.25) is 0 Å². The Hall–Kier alpha value is -1.78. The van der Waals surface area contributed by atoms with Crippen molar-refractivity contribution < 1.29 is 30.7 Å². The van der Waals surface area contributed by atoms with Crippen LogP contribution in [0.1, 0.15) is 0 Å². The average Bonchev–Trinajstić information content (AvgIpc) is 2.17. The number of rotatable bonds is 0. The fourth-order valence-corrected chi connectivity index (χ4v) is 0.107. The minimum atomic E-state index is -5.56. The van der Waals surface area contributed by atoms with Crippen molar-refractivity contribution in [2.75, 3.05) is 0 Å². The van der Waals surface area contributed by atoms with Crippen LogP contribution in [0.15, 0.2) is 37.5 Å². The smallest absolute Gasteiger partial charge is 0.216 e. The van der Waals surface area contributed by atoms with Gasteiger partial charge in [-0.2, -0.15) is 31.6 Å². The Balaban J connectivity index is -0.000000201. The molecule has 0 N–H and O–H groups in total. The molecule has 0 atom stereocenters. The summed E-state index contributed by atoms with van der Waals surface area (Å²) >= 11 is 0. The second-order valence-electron chi connectivity index (χ2n) is 1.56. The van der Waals surface area contributed by atoms with Crippen LogP contribution in [0.3, 0.4) is 0 Å². The van der Waals surface area contributed by atoms with Gasteiger partial charge in [0, 0.05) is 6.08 Å². The molecule has 0 unspecified atom stereocenters. The van der Waals surface area contributed by atoms with Gasteiger partial charge in [0.05, 0.1) is 12.4 Å². The van der Waals surface area contributed by atoms with E-state index < -0.39 is 18.1 Å². The molecule has 8 heteroatoms. The van der Waals surface area contributed by atoms with E-state index in [1.807, 2.05) is 0 Å². The average molecular weight is 249 g/mol. The van der Waals surface area contributed by atoms with Gasteiger partial charge in [0.2, 0.25) is 0 Å². The lowest BCUT2D eigenvalue weighted by Gasteiger charge is -1.98. The summed E-state index contributed by atoms with van der Waals surface area (Å²) in [5.41, 5.74) is 0. The molecule has 0 spiro atoms. The minimum Gasteiger partial charge on any atom is -0.216 e. The van der Waals surface area contributed by atoms with Crippen LogP contribution in [0, 0.1) is 11.3 Å². The second-order valence-corrected chi connectivity index (χ2v) is 1.56. The number of allylic oxidation sites excluding steroid dienone is 2. The highest BCUT2D eigenvalue weighted by Crippen LogP contribution is 2.29. The zero-order chi connectivity index (χ0) is 13.8. The third-order valence-corrected chi connectivity index (χ3v) is 0.506. The third kappa shape index (κ3) is 18.1. The van der Waals surface area contributed by atoms with Crippen molar-refractivity contribution in [2.24, 2.45) is 0 Å². The first-order valence-electron chi connectivity index (χ1n) is 3.18. The van der Waals surface area contributed by atoms with E-state index in [4.69, 9.17) is 5.26 Å². The number of alkyl halides is 3. The van der Waals surface area contributed by atoms with E-state index in [-0.39, 0.29) is 6.33 Å². The van der Waals surface area contributed by atoms with E-state index in [0.717, 1.165) is 0 Å². The molecule has 0 aromatic heterocycles. The monoisotopic (exact) mass is 249 g/mol. The molecule has 0 saturated heterocycles. The first kappa shape index (κ1) is 19.7. The molecule has 0 heterocycles. The van der Waals surface area contributed by atoms with Crippen LogP contribution >= 0.6 is 0 Å². The van der Waals surface area contributed by atoms with Crippen LogP contribution in [0.2, 0.25) is 0 Å². The molecular weight excluding hydrogens is 243 g/mol. The number of hydrogen-bond donors (Lipinski definition) is 0. The lowest BCUT2D eigenvalue weighted by Crippen LogP contribution is -2.08. The van der Waals surface area contributed by atoms with Crippen LogP contribution < -0.4 is 0 Å². The van der Waals surface area contributed by atoms with E-state index in [1.54, 1.807) is 6.07 Å². The molecule has 0 amide bonds. The van der Waals surface area contributed by atoms with Gasteiger partial charge in [-0.05, 0) is 0 Å². The third-order valence-electron chi connectivity index (χ3n) is 0.506. The molecule has 0 aromatic carbocycles. The molecule has 1 nitrogen and oxygen atoms in total. The van der Waals surface area contributed by atoms with Crippen molar-refractivity contribution in [1.82, 2.24) is 0 Å². The summed E-state index contributed by atoms with van der Waals surface area (Å²) in [5, 5.41) is 7.51. The second kappa shape index (κ2) is 11.3. The Morgan fingerprint density at radius 3 is 1.38 bits per heavy atom. The van der Waals surface area contributed by atoms with E-state index in [1.165, 1.54) is 6.08 Å². The van der Waals surface area contributed by atoms with Crippen molar-refractivity contribution in [3.8, 4) is 6.07 Å². The predicted octanol–water partition coefficient (Wildman–Crippen LogP) is 4.42. The molecule has 0 aliphatic rings. The summed E-state index contributed by atoms with van der Waals surface area (Å²) in [5.74, 6) is -3.33. The molecule has 0 radical (unpaired) electrons. The van der Waals surface area contributed by atoms with E-state index in [9.17, 15) is 30.7 Å². The quantitative estimate of drug-likeness (QED) is 0.460. The highest BCUT2D eigenvalue weighted by atomic mass is 19.4. The maximum absolute atomic E-state index is 11.0. The van der Waals surface area contributed by atoms with Crippen molar-refractivity contribution >= 4 is 0 Å². The van der Waals surface area contributed by atoms with E-state index in [0.29, 0.717) is 0 Å². The van der Waals surface area contributed by atoms with Gasteiger partial charge in [0.25, 0.3) is 5.83 Å². The van der Waals surface area contributed by atoms with Gasteiger partial charge >= 0.3 is 12.3 Å². The van der Waals surface area contributed by atoms with Crippen molar-refractivity contribution in [1.29, 1.82) is 5.26 Å². The first-order valence-corrected chi connectivity index (χ1v) is 3.18. The molecule has 92 valence electrons. The minimum absolute atomic E-state index is 0.250. The van der Waals surface area contributed by atoms with Gasteiger partial charge in [0.1, 0.15) is 0 Å². The van der Waals surface area contributed by atoms with Crippen molar-refractivity contribution in [3.63, 3.8) is 0 Å². The lowest BCUT2D eigenvalue weighted by atomic mass is 10.6. The molecule has 16 heavy (non-hydrogen) atoms. The largest absolute Gasteiger partial charge is 0.448 e. The van der Waals surface area contributed by atoms with Crippen LogP contribution in [-0.2, 0) is 0 Å². The lowest BCUT2D eigenvalue weighted by molar-refractivity contribution is -0.113. The summed E-state index contributed by atoms with van der Waals surface area (Å²) in [7, 11) is 0. The molecule has 0 aromatic rings. The number of nitriles is 1. The van der Waals surface area contributed by atoms with Crippen LogP contribution in [0.5, 0.6) is 0 Å². The Morgan fingerprint density at radius 1 is 1.12 bits per heavy atom. The van der Waals surface area contributed by atoms with Gasteiger partial charge in [-0.25, -0.2) is 4.39 Å². The number of halogens is 7. The fraction of sp³-hybridized carbons (Fsp3) is 0.125. The standard InChI is InChI=1S/C3F6.C3H3N.C2H3F/c4-1(2(5)6)3(7,8)9;1-2-3-4;1-2-3/h;2H,1H2;2H,1H2. The molecule has 0 saturated carbocycles. The Morgan fingerprint density at radius 2 is 1.38 bits per heavy atom. The topological polar surface area (TPSA) is 23.8 Å². The van der Waals surface area contributed by atoms with Gasteiger partial charge < -0.3 is 0 Å². The fourth-order valence-electron chi connectivity index (χ4n) is 0.107. The Bertz CT molecular complexity index is 267. The van der Waals surface area contributed by atoms with E-state index >= 15 is 0 Å². The van der Waals surface area contributed by atoms with E-state index in [2.05, 4.69) is 13.2 Å². The highest BCUT2D eigenvalue weighted by Gasteiger charge is 2.38. The van der Waals surface area contributed by atoms with Gasteiger partial charge in [-0.1, -0.05) is 13.2 Å². The number of nitrogens with zero attached hydrogens (tertiary/aromatic N) is 1. The Labute approximate surface area is 86.8 Å². The number of hydrogen-bond acceptors (Lipinski definition) is 1. The molecule has 0 fully saturated rings. The summed E-state index contributed by atoms with van der Waals surface area (Å²) < 4.78 is 74.9. The molecule has 0 aliphatic heterocycles. The first-order chi connectivity index (χ1) is 7.18. The van der Waals surface area contributed by atoms with Crippen molar-refractivity contribution in [2.45, 2.75) is 6.18 Å². The predicted molar refractivity (Wildman–Crippen MR) is 43.5 cm³/mol. The maximum Gasteiger partial charge on any atom is 0.448 e. The zero-order valence-corrected chi connectivity index (χ0v) is 7.66. The van der Waals surface area contributed by atoms with Gasteiger partial charge in [0.15, 0.2) is 0 Å². The van der Waals surface area contributed by atoms with Crippen LogP contribution in [0.25, 0.3) is 0 Å². The Kier molecular flexibility index (Phi) is 13.9. The molecule has 0 bridgehead atoms.